The fraction of sp³-hybridized carbons (Fsp3) is 0.0714. The quantitative estimate of drug-likeness (QED) is 0.768. The molecule has 0 radical (unpaired) electrons. The molecule has 0 aromatic heterocycles. The van der Waals surface area contributed by atoms with E-state index in [9.17, 15) is 0 Å². The van der Waals surface area contributed by atoms with Gasteiger partial charge in [-0.15, -0.1) is 0 Å². The van der Waals surface area contributed by atoms with Crippen LogP contribution in [0.25, 0.3) is 0 Å². The van der Waals surface area contributed by atoms with Crippen molar-refractivity contribution in [2.24, 2.45) is 0 Å². The molecule has 0 atom stereocenters. The number of benzene rings is 2. The van der Waals surface area contributed by atoms with E-state index in [-0.39, 0.29) is 0 Å². The molecule has 0 aliphatic rings. The molecule has 2 aromatic carbocycles. The predicted molar refractivity (Wildman–Crippen MR) is 75.1 cm³/mol. The fourth-order valence-corrected chi connectivity index (χ4v) is 1.98. The number of halogens is 1. The summed E-state index contributed by atoms with van der Waals surface area (Å²) in [5.74, 6) is 1.62. The van der Waals surface area contributed by atoms with Gasteiger partial charge in [0.25, 0.3) is 0 Å². The highest BCUT2D eigenvalue weighted by atomic mass is 127. The number of ether oxygens (including phenoxy) is 1. The second kappa shape index (κ2) is 5.19. The summed E-state index contributed by atoms with van der Waals surface area (Å²) in [6.07, 6.45) is 0. The molecule has 2 aromatic rings. The van der Waals surface area contributed by atoms with Gasteiger partial charge in [0.05, 0.1) is 15.2 Å². The van der Waals surface area contributed by atoms with Gasteiger partial charge in [0.15, 0.2) is 0 Å². The third-order valence-corrected chi connectivity index (χ3v) is 3.25. The van der Waals surface area contributed by atoms with Gasteiger partial charge >= 0.3 is 0 Å². The van der Waals surface area contributed by atoms with Crippen molar-refractivity contribution in [3.8, 4) is 17.6 Å². The van der Waals surface area contributed by atoms with E-state index in [1.54, 1.807) is 6.07 Å². The Labute approximate surface area is 114 Å². The van der Waals surface area contributed by atoms with Gasteiger partial charge in [-0.3, -0.25) is 0 Å². The van der Waals surface area contributed by atoms with Crippen LogP contribution in [0.4, 0.5) is 0 Å². The first-order valence-electron chi connectivity index (χ1n) is 5.14. The van der Waals surface area contributed by atoms with Gasteiger partial charge in [-0.2, -0.15) is 5.26 Å². The number of para-hydroxylation sites is 1. The van der Waals surface area contributed by atoms with Crippen LogP contribution >= 0.6 is 22.6 Å². The van der Waals surface area contributed by atoms with Crippen LogP contribution in [-0.2, 0) is 0 Å². The van der Waals surface area contributed by atoms with Crippen LogP contribution in [0.2, 0.25) is 0 Å². The zero-order valence-electron chi connectivity index (χ0n) is 9.27. The molecule has 0 unspecified atom stereocenters. The van der Waals surface area contributed by atoms with E-state index in [0.29, 0.717) is 5.56 Å². The minimum Gasteiger partial charge on any atom is -0.456 e. The summed E-state index contributed by atoms with van der Waals surface area (Å²) in [7, 11) is 0. The van der Waals surface area contributed by atoms with Gasteiger partial charge in [0.2, 0.25) is 0 Å². The lowest BCUT2D eigenvalue weighted by molar-refractivity contribution is 0.475. The van der Waals surface area contributed by atoms with E-state index in [1.807, 2.05) is 43.3 Å². The molecule has 2 nitrogen and oxygen atoms in total. The number of nitriles is 1. The number of aryl methyl sites for hydroxylation is 1. The number of rotatable bonds is 2. The molecule has 0 saturated heterocycles. The molecule has 0 bridgehead atoms. The van der Waals surface area contributed by atoms with Crippen molar-refractivity contribution in [2.45, 2.75) is 6.92 Å². The molecule has 17 heavy (non-hydrogen) atoms. The van der Waals surface area contributed by atoms with E-state index in [0.717, 1.165) is 20.6 Å². The van der Waals surface area contributed by atoms with Crippen LogP contribution in [0.5, 0.6) is 11.5 Å². The summed E-state index contributed by atoms with van der Waals surface area (Å²) in [6, 6.07) is 15.4. The van der Waals surface area contributed by atoms with Gasteiger partial charge in [0, 0.05) is 0 Å². The van der Waals surface area contributed by atoms with E-state index >= 15 is 0 Å². The smallest absolute Gasteiger partial charge is 0.140 e. The lowest BCUT2D eigenvalue weighted by Gasteiger charge is -2.10. The van der Waals surface area contributed by atoms with E-state index < -0.39 is 0 Å². The number of hydrogen-bond donors (Lipinski definition) is 0. The maximum atomic E-state index is 8.79. The molecule has 3 heteroatoms. The minimum atomic E-state index is 0.651. The predicted octanol–water partition coefficient (Wildman–Crippen LogP) is 4.26. The average Bonchev–Trinajstić information content (AvgIpc) is 2.34. The Bertz CT molecular complexity index is 587. The first-order valence-corrected chi connectivity index (χ1v) is 6.21. The van der Waals surface area contributed by atoms with Crippen LogP contribution in [0.3, 0.4) is 0 Å². The first-order chi connectivity index (χ1) is 8.20. The molecule has 0 fully saturated rings. The Morgan fingerprint density at radius 3 is 2.53 bits per heavy atom. The first kappa shape index (κ1) is 11.9. The van der Waals surface area contributed by atoms with Gasteiger partial charge in [-0.25, -0.2) is 0 Å². The van der Waals surface area contributed by atoms with Crippen molar-refractivity contribution in [1.82, 2.24) is 0 Å². The Morgan fingerprint density at radius 2 is 1.88 bits per heavy atom. The summed E-state index contributed by atoms with van der Waals surface area (Å²) >= 11 is 2.24. The number of nitrogens with zero attached hydrogens (tertiary/aromatic N) is 1. The van der Waals surface area contributed by atoms with E-state index in [4.69, 9.17) is 10.00 Å². The van der Waals surface area contributed by atoms with Gasteiger partial charge in [-0.05, 0) is 65.4 Å². The fourth-order valence-electron chi connectivity index (χ4n) is 1.48. The molecule has 0 aliphatic carbocycles. The third-order valence-electron chi connectivity index (χ3n) is 2.36. The molecule has 0 N–H and O–H groups in total. The van der Waals surface area contributed by atoms with Crippen LogP contribution in [-0.4, -0.2) is 0 Å². The summed E-state index contributed by atoms with van der Waals surface area (Å²) in [4.78, 5) is 0. The largest absolute Gasteiger partial charge is 0.456 e. The van der Waals surface area contributed by atoms with Crippen molar-refractivity contribution in [1.29, 1.82) is 5.26 Å². The van der Waals surface area contributed by atoms with Gasteiger partial charge in [-0.1, -0.05) is 12.1 Å². The second-order valence-corrected chi connectivity index (χ2v) is 4.79. The molecule has 2 rings (SSSR count). The average molecular weight is 335 g/mol. The molecular weight excluding hydrogens is 325 g/mol. The molecule has 0 spiro atoms. The molecule has 0 heterocycles. The second-order valence-electron chi connectivity index (χ2n) is 3.62. The normalized spacial score (nSPS) is 9.71. The van der Waals surface area contributed by atoms with Crippen LogP contribution in [0, 0.1) is 21.8 Å². The highest BCUT2D eigenvalue weighted by molar-refractivity contribution is 14.1. The summed E-state index contributed by atoms with van der Waals surface area (Å²) in [5.41, 5.74) is 1.61. The summed E-state index contributed by atoms with van der Waals surface area (Å²) in [6.45, 7) is 1.94. The molecular formula is C14H10INO. The number of hydrogen-bond acceptors (Lipinski definition) is 2. The van der Waals surface area contributed by atoms with Crippen LogP contribution in [0.1, 0.15) is 11.1 Å². The summed E-state index contributed by atoms with van der Waals surface area (Å²) < 4.78 is 6.89. The molecule has 0 aliphatic heterocycles. The van der Waals surface area contributed by atoms with Gasteiger partial charge < -0.3 is 4.74 Å². The van der Waals surface area contributed by atoms with Crippen molar-refractivity contribution in [2.75, 3.05) is 0 Å². The Morgan fingerprint density at radius 1 is 1.12 bits per heavy atom. The van der Waals surface area contributed by atoms with Crippen molar-refractivity contribution < 1.29 is 4.74 Å². The van der Waals surface area contributed by atoms with E-state index in [1.165, 1.54) is 0 Å². The topological polar surface area (TPSA) is 33.0 Å². The Hall–Kier alpha value is -1.54. The van der Waals surface area contributed by atoms with Crippen molar-refractivity contribution >= 4 is 22.6 Å². The highest BCUT2D eigenvalue weighted by Gasteiger charge is 2.05. The standard InChI is InChI=1S/C14H10INO/c1-10-8-11(9-16)6-7-13(10)17-14-5-3-2-4-12(14)15/h2-8H,1H3. The molecule has 0 amide bonds. The van der Waals surface area contributed by atoms with Crippen LogP contribution in [0.15, 0.2) is 42.5 Å². The zero-order chi connectivity index (χ0) is 12.3. The zero-order valence-corrected chi connectivity index (χ0v) is 11.4. The SMILES string of the molecule is Cc1cc(C#N)ccc1Oc1ccccc1I. The summed E-state index contributed by atoms with van der Waals surface area (Å²) in [5, 5.41) is 8.79. The van der Waals surface area contributed by atoms with Crippen molar-refractivity contribution in [3.63, 3.8) is 0 Å². The Balaban J connectivity index is 2.32. The van der Waals surface area contributed by atoms with Crippen molar-refractivity contribution in [3.05, 3.63) is 57.2 Å². The van der Waals surface area contributed by atoms with Gasteiger partial charge in [0.1, 0.15) is 11.5 Å². The maximum absolute atomic E-state index is 8.79. The highest BCUT2D eigenvalue weighted by Crippen LogP contribution is 2.28. The third kappa shape index (κ3) is 2.77. The molecule has 0 saturated carbocycles. The van der Waals surface area contributed by atoms with E-state index in [2.05, 4.69) is 28.7 Å². The maximum Gasteiger partial charge on any atom is 0.140 e. The minimum absolute atomic E-state index is 0.651. The monoisotopic (exact) mass is 335 g/mol. The Kier molecular flexibility index (Phi) is 3.64. The van der Waals surface area contributed by atoms with Crippen LogP contribution < -0.4 is 4.74 Å². The lowest BCUT2D eigenvalue weighted by atomic mass is 10.1. The molecule has 84 valence electrons. The lowest BCUT2D eigenvalue weighted by Crippen LogP contribution is -1.90.